The Kier molecular flexibility index (Phi) is 4.08. The summed E-state index contributed by atoms with van der Waals surface area (Å²) >= 11 is 0. The highest BCUT2D eigenvalue weighted by Crippen LogP contribution is 2.36. The van der Waals surface area contributed by atoms with Crippen molar-refractivity contribution in [3.63, 3.8) is 0 Å². The second-order valence-corrected chi connectivity index (χ2v) is 5.43. The number of nitrogens with one attached hydrogen (secondary N) is 1. The van der Waals surface area contributed by atoms with Crippen molar-refractivity contribution in [2.75, 3.05) is 5.32 Å². The monoisotopic (exact) mass is 264 g/mol. The molecular weight excluding hydrogens is 243 g/mol. The number of anilines is 1. The van der Waals surface area contributed by atoms with Crippen LogP contribution >= 0.6 is 0 Å². The number of amides is 1. The highest BCUT2D eigenvalue weighted by molar-refractivity contribution is 5.88. The molecule has 1 aliphatic rings. The van der Waals surface area contributed by atoms with E-state index in [1.165, 1.54) is 12.1 Å². The summed E-state index contributed by atoms with van der Waals surface area (Å²) in [6.07, 6.45) is 4.55. The first kappa shape index (κ1) is 13.8. The van der Waals surface area contributed by atoms with Crippen LogP contribution in [-0.2, 0) is 4.79 Å². The van der Waals surface area contributed by atoms with Crippen LogP contribution in [0.2, 0.25) is 0 Å². The van der Waals surface area contributed by atoms with E-state index in [4.69, 9.17) is 5.73 Å². The Morgan fingerprint density at radius 2 is 2.16 bits per heavy atom. The van der Waals surface area contributed by atoms with Gasteiger partial charge in [-0.1, -0.05) is 19.4 Å². The summed E-state index contributed by atoms with van der Waals surface area (Å²) in [4.78, 5) is 11.8. The molecular formula is C15H21FN2O. The van der Waals surface area contributed by atoms with Crippen LogP contribution in [0, 0.1) is 11.7 Å². The molecule has 1 aliphatic carbocycles. The lowest BCUT2D eigenvalue weighted by Gasteiger charge is -2.39. The van der Waals surface area contributed by atoms with Crippen LogP contribution in [0.15, 0.2) is 24.3 Å². The summed E-state index contributed by atoms with van der Waals surface area (Å²) in [5, 5.41) is 3.16. The maximum absolute atomic E-state index is 13.2. The molecule has 0 aromatic heterocycles. The Morgan fingerprint density at radius 1 is 1.47 bits per heavy atom. The van der Waals surface area contributed by atoms with E-state index in [9.17, 15) is 9.18 Å². The van der Waals surface area contributed by atoms with Gasteiger partial charge in [-0.05, 0) is 49.8 Å². The first-order valence-corrected chi connectivity index (χ1v) is 6.89. The molecule has 1 amide bonds. The van der Waals surface area contributed by atoms with E-state index in [-0.39, 0.29) is 11.7 Å². The number of hydrogen-bond donors (Lipinski definition) is 2. The lowest BCUT2D eigenvalue weighted by Crippen LogP contribution is -2.52. The standard InChI is InChI=1S/C15H21FN2O/c1-2-11-6-8-15(9-7-11,14(17)19)18-13-5-3-4-12(16)10-13/h3-5,10-11,18H,2,6-9H2,1H3,(H2,17,19). The average molecular weight is 264 g/mol. The van der Waals surface area contributed by atoms with Crippen molar-refractivity contribution in [1.29, 1.82) is 0 Å². The second-order valence-electron chi connectivity index (χ2n) is 5.43. The van der Waals surface area contributed by atoms with Gasteiger partial charge in [0.05, 0.1) is 0 Å². The minimum Gasteiger partial charge on any atom is -0.371 e. The first-order valence-electron chi connectivity index (χ1n) is 6.89. The van der Waals surface area contributed by atoms with Crippen LogP contribution in [0.4, 0.5) is 10.1 Å². The summed E-state index contributed by atoms with van der Waals surface area (Å²) in [5.74, 6) is 0.0139. The van der Waals surface area contributed by atoms with Gasteiger partial charge in [0.2, 0.25) is 5.91 Å². The van der Waals surface area contributed by atoms with Gasteiger partial charge in [0.15, 0.2) is 0 Å². The van der Waals surface area contributed by atoms with Crippen LogP contribution in [0.25, 0.3) is 0 Å². The first-order chi connectivity index (χ1) is 9.05. The Labute approximate surface area is 113 Å². The molecule has 0 aliphatic heterocycles. The molecule has 19 heavy (non-hydrogen) atoms. The molecule has 4 heteroatoms. The number of hydrogen-bond acceptors (Lipinski definition) is 2. The van der Waals surface area contributed by atoms with Crippen molar-refractivity contribution in [3.05, 3.63) is 30.1 Å². The number of carbonyl (C=O) groups excluding carboxylic acids is 1. The van der Waals surface area contributed by atoms with E-state index in [0.29, 0.717) is 11.6 Å². The van der Waals surface area contributed by atoms with Gasteiger partial charge in [-0.2, -0.15) is 0 Å². The van der Waals surface area contributed by atoms with E-state index in [2.05, 4.69) is 12.2 Å². The molecule has 3 N–H and O–H groups in total. The van der Waals surface area contributed by atoms with Crippen LogP contribution in [-0.4, -0.2) is 11.4 Å². The Morgan fingerprint density at radius 3 is 2.68 bits per heavy atom. The van der Waals surface area contributed by atoms with Crippen molar-refractivity contribution >= 4 is 11.6 Å². The molecule has 0 radical (unpaired) electrons. The van der Waals surface area contributed by atoms with Gasteiger partial charge in [-0.15, -0.1) is 0 Å². The molecule has 0 spiro atoms. The third kappa shape index (κ3) is 3.06. The molecule has 1 aromatic rings. The smallest absolute Gasteiger partial charge is 0.243 e. The van der Waals surface area contributed by atoms with Gasteiger partial charge in [-0.3, -0.25) is 4.79 Å². The van der Waals surface area contributed by atoms with Gasteiger partial charge in [-0.25, -0.2) is 4.39 Å². The number of rotatable bonds is 4. The van der Waals surface area contributed by atoms with Crippen LogP contribution in [0.3, 0.4) is 0 Å². The fourth-order valence-corrected chi connectivity index (χ4v) is 2.85. The third-order valence-corrected chi connectivity index (χ3v) is 4.22. The maximum Gasteiger partial charge on any atom is 0.243 e. The topological polar surface area (TPSA) is 55.1 Å². The van der Waals surface area contributed by atoms with Crippen LogP contribution in [0.5, 0.6) is 0 Å². The molecule has 0 unspecified atom stereocenters. The molecule has 0 saturated heterocycles. The Balaban J connectivity index is 2.15. The predicted octanol–water partition coefficient (Wildman–Crippen LogP) is 3.06. The molecule has 0 heterocycles. The van der Waals surface area contributed by atoms with Gasteiger partial charge >= 0.3 is 0 Å². The van der Waals surface area contributed by atoms with Crippen LogP contribution in [0.1, 0.15) is 39.0 Å². The fraction of sp³-hybridized carbons (Fsp3) is 0.533. The summed E-state index contributed by atoms with van der Waals surface area (Å²) < 4.78 is 13.2. The van der Waals surface area contributed by atoms with Crippen molar-refractivity contribution in [3.8, 4) is 0 Å². The summed E-state index contributed by atoms with van der Waals surface area (Å²) in [5.41, 5.74) is 5.48. The number of halogens is 1. The zero-order valence-electron chi connectivity index (χ0n) is 11.3. The Hall–Kier alpha value is -1.58. The summed E-state index contributed by atoms with van der Waals surface area (Å²) in [7, 11) is 0. The molecule has 1 saturated carbocycles. The Bertz CT molecular complexity index is 453. The quantitative estimate of drug-likeness (QED) is 0.878. The normalized spacial score (nSPS) is 26.9. The highest BCUT2D eigenvalue weighted by atomic mass is 19.1. The van der Waals surface area contributed by atoms with Crippen molar-refractivity contribution < 1.29 is 9.18 Å². The maximum atomic E-state index is 13.2. The molecule has 0 bridgehead atoms. The minimum absolute atomic E-state index is 0.313. The summed E-state index contributed by atoms with van der Waals surface area (Å²) in [6, 6.07) is 6.18. The third-order valence-electron chi connectivity index (χ3n) is 4.22. The number of carbonyl (C=O) groups is 1. The number of primary amides is 1. The minimum atomic E-state index is -0.723. The van der Waals surface area contributed by atoms with E-state index in [1.807, 2.05) is 0 Å². The zero-order chi connectivity index (χ0) is 13.9. The predicted molar refractivity (Wildman–Crippen MR) is 74.2 cm³/mol. The molecule has 2 rings (SSSR count). The summed E-state index contributed by atoms with van der Waals surface area (Å²) in [6.45, 7) is 2.17. The van der Waals surface area contributed by atoms with Gasteiger partial charge in [0.1, 0.15) is 11.4 Å². The number of benzene rings is 1. The van der Waals surface area contributed by atoms with E-state index in [0.717, 1.165) is 32.1 Å². The van der Waals surface area contributed by atoms with Gasteiger partial charge in [0.25, 0.3) is 0 Å². The average Bonchev–Trinajstić information content (AvgIpc) is 2.39. The molecule has 3 nitrogen and oxygen atoms in total. The largest absolute Gasteiger partial charge is 0.371 e. The fourth-order valence-electron chi connectivity index (χ4n) is 2.85. The lowest BCUT2D eigenvalue weighted by molar-refractivity contribution is -0.123. The number of nitrogens with two attached hydrogens (primary N) is 1. The van der Waals surface area contributed by atoms with E-state index < -0.39 is 5.54 Å². The highest BCUT2D eigenvalue weighted by Gasteiger charge is 2.40. The molecule has 1 fully saturated rings. The second kappa shape index (κ2) is 5.59. The molecule has 0 atom stereocenters. The zero-order valence-corrected chi connectivity index (χ0v) is 11.3. The van der Waals surface area contributed by atoms with Crippen LogP contribution < -0.4 is 11.1 Å². The van der Waals surface area contributed by atoms with Crippen molar-refractivity contribution in [2.24, 2.45) is 11.7 Å². The SMILES string of the molecule is CCC1CCC(Nc2cccc(F)c2)(C(N)=O)CC1. The van der Waals surface area contributed by atoms with Crippen molar-refractivity contribution in [2.45, 2.75) is 44.6 Å². The van der Waals surface area contributed by atoms with Gasteiger partial charge < -0.3 is 11.1 Å². The lowest BCUT2D eigenvalue weighted by atomic mass is 9.75. The van der Waals surface area contributed by atoms with E-state index >= 15 is 0 Å². The van der Waals surface area contributed by atoms with Crippen molar-refractivity contribution in [1.82, 2.24) is 0 Å². The van der Waals surface area contributed by atoms with E-state index in [1.54, 1.807) is 12.1 Å². The molecule has 104 valence electrons. The molecule has 1 aromatic carbocycles. The van der Waals surface area contributed by atoms with Gasteiger partial charge in [0, 0.05) is 5.69 Å².